The van der Waals surface area contributed by atoms with E-state index in [1.54, 1.807) is 12.1 Å². The smallest absolute Gasteiger partial charge is 0.119 e. The summed E-state index contributed by atoms with van der Waals surface area (Å²) < 4.78 is 6.15. The number of phenols is 1. The van der Waals surface area contributed by atoms with Gasteiger partial charge >= 0.3 is 0 Å². The lowest BCUT2D eigenvalue weighted by Crippen LogP contribution is -2.38. The van der Waals surface area contributed by atoms with Crippen molar-refractivity contribution >= 4 is 11.1 Å². The molecule has 1 saturated heterocycles. The third-order valence-corrected chi connectivity index (χ3v) is 7.80. The Morgan fingerprint density at radius 3 is 2.54 bits per heavy atom. The number of piperidine rings is 1. The highest BCUT2D eigenvalue weighted by Crippen LogP contribution is 2.49. The number of benzene rings is 2. The number of fused-ring (bicyclic) bond motifs is 1. The molecule has 2 aromatic carbocycles. The Hall–Kier alpha value is -3.12. The fourth-order valence-electron chi connectivity index (χ4n) is 5.83. The standard InChI is InChI=1S/C32H37NO4/c34-18-5-10-29(23-6-2-1-3-7-23)32(25-11-14-27(36)15-12-25)24-8-4-9-28(16-13-24)37-19-17-33-21-26-20-30(26)31(33)22-35/h1-4,6-7,9,11-16,26,30-31,34-36H,5,8,10,17-22H2/b32-29+/t26?,30?,31-/m1/s1. The SMILES string of the molecule is OCCC/C(=C(/C1=CC=C(OCCN2CC3CC3[C@H]2CO)C=CC1)c1ccc(O)cc1)c1ccccc1. The van der Waals surface area contributed by atoms with Crippen molar-refractivity contribution < 1.29 is 20.1 Å². The minimum atomic E-state index is 0.131. The predicted octanol–water partition coefficient (Wildman–Crippen LogP) is 5.17. The van der Waals surface area contributed by atoms with Crippen LogP contribution in [-0.2, 0) is 4.74 Å². The second kappa shape index (κ2) is 12.0. The molecule has 194 valence electrons. The molecule has 3 aliphatic rings. The average molecular weight is 500 g/mol. The van der Waals surface area contributed by atoms with Gasteiger partial charge in [-0.15, -0.1) is 0 Å². The number of aliphatic hydroxyl groups excluding tert-OH is 2. The van der Waals surface area contributed by atoms with Crippen LogP contribution in [0.1, 0.15) is 36.8 Å². The molecule has 5 heteroatoms. The van der Waals surface area contributed by atoms with Crippen LogP contribution in [0.2, 0.25) is 0 Å². The molecule has 1 aliphatic heterocycles. The Morgan fingerprint density at radius 1 is 0.973 bits per heavy atom. The summed E-state index contributed by atoms with van der Waals surface area (Å²) in [5, 5.41) is 29.3. The van der Waals surface area contributed by atoms with Crippen LogP contribution in [-0.4, -0.2) is 59.2 Å². The third-order valence-electron chi connectivity index (χ3n) is 7.80. The van der Waals surface area contributed by atoms with Crippen molar-refractivity contribution in [2.75, 3.05) is 32.9 Å². The first-order valence-electron chi connectivity index (χ1n) is 13.4. The van der Waals surface area contributed by atoms with Crippen molar-refractivity contribution in [3.63, 3.8) is 0 Å². The summed E-state index contributed by atoms with van der Waals surface area (Å²) >= 11 is 0. The number of aromatic hydroxyl groups is 1. The zero-order chi connectivity index (χ0) is 25.6. The summed E-state index contributed by atoms with van der Waals surface area (Å²) in [6.45, 7) is 2.88. The van der Waals surface area contributed by atoms with Crippen molar-refractivity contribution in [3.8, 4) is 5.75 Å². The van der Waals surface area contributed by atoms with Crippen molar-refractivity contribution in [2.24, 2.45) is 11.8 Å². The van der Waals surface area contributed by atoms with E-state index in [9.17, 15) is 15.3 Å². The van der Waals surface area contributed by atoms with Crippen molar-refractivity contribution in [3.05, 3.63) is 101 Å². The number of phenolic OH excluding ortho intramolecular Hbond substituents is 1. The second-order valence-electron chi connectivity index (χ2n) is 10.2. The monoisotopic (exact) mass is 499 g/mol. The first kappa shape index (κ1) is 25.5. The molecule has 1 heterocycles. The molecule has 37 heavy (non-hydrogen) atoms. The fourth-order valence-corrected chi connectivity index (χ4v) is 5.83. The fraction of sp³-hybridized carbons (Fsp3) is 0.375. The lowest BCUT2D eigenvalue weighted by molar-refractivity contribution is 0.105. The number of hydrogen-bond acceptors (Lipinski definition) is 5. The van der Waals surface area contributed by atoms with Crippen molar-refractivity contribution in [2.45, 2.75) is 31.7 Å². The molecule has 0 radical (unpaired) electrons. The van der Waals surface area contributed by atoms with E-state index in [1.165, 1.54) is 12.0 Å². The normalized spacial score (nSPS) is 23.6. The molecule has 0 amide bonds. The summed E-state index contributed by atoms with van der Waals surface area (Å²) in [5.74, 6) is 2.53. The van der Waals surface area contributed by atoms with Crippen LogP contribution in [0, 0.1) is 11.8 Å². The van der Waals surface area contributed by atoms with Gasteiger partial charge in [-0.1, -0.05) is 54.6 Å². The number of ether oxygens (including phenoxy) is 1. The van der Waals surface area contributed by atoms with E-state index in [-0.39, 0.29) is 19.0 Å². The molecular weight excluding hydrogens is 462 g/mol. The molecule has 5 rings (SSSR count). The molecule has 2 aliphatic carbocycles. The summed E-state index contributed by atoms with van der Waals surface area (Å²) in [6, 6.07) is 18.0. The number of allylic oxidation sites excluding steroid dienone is 7. The Morgan fingerprint density at radius 2 is 1.78 bits per heavy atom. The molecule has 2 fully saturated rings. The van der Waals surface area contributed by atoms with E-state index in [1.807, 2.05) is 42.5 Å². The molecular formula is C32H37NO4. The van der Waals surface area contributed by atoms with Gasteiger partial charge in [0.25, 0.3) is 0 Å². The Kier molecular flexibility index (Phi) is 8.24. The Balaban J connectivity index is 1.40. The van der Waals surface area contributed by atoms with Crippen LogP contribution in [0.4, 0.5) is 0 Å². The van der Waals surface area contributed by atoms with Gasteiger partial charge in [-0.2, -0.15) is 0 Å². The van der Waals surface area contributed by atoms with Gasteiger partial charge in [-0.3, -0.25) is 4.90 Å². The highest BCUT2D eigenvalue weighted by atomic mass is 16.5. The van der Waals surface area contributed by atoms with Crippen LogP contribution in [0.15, 0.2) is 90.2 Å². The molecule has 3 N–H and O–H groups in total. The number of rotatable bonds is 11. The second-order valence-corrected chi connectivity index (χ2v) is 10.2. The lowest BCUT2D eigenvalue weighted by Gasteiger charge is -2.25. The number of nitrogens with zero attached hydrogens (tertiary/aromatic N) is 1. The van der Waals surface area contributed by atoms with E-state index in [0.717, 1.165) is 59.9 Å². The molecule has 2 aromatic rings. The predicted molar refractivity (Wildman–Crippen MR) is 148 cm³/mol. The van der Waals surface area contributed by atoms with E-state index >= 15 is 0 Å². The molecule has 5 nitrogen and oxygen atoms in total. The lowest BCUT2D eigenvalue weighted by atomic mass is 9.86. The van der Waals surface area contributed by atoms with E-state index in [4.69, 9.17) is 4.74 Å². The Bertz CT molecular complexity index is 1180. The molecule has 0 aromatic heterocycles. The van der Waals surface area contributed by atoms with Crippen LogP contribution in [0.25, 0.3) is 11.1 Å². The van der Waals surface area contributed by atoms with E-state index < -0.39 is 0 Å². The first-order valence-corrected chi connectivity index (χ1v) is 13.4. The largest absolute Gasteiger partial charge is 0.508 e. The van der Waals surface area contributed by atoms with Crippen LogP contribution in [0.3, 0.4) is 0 Å². The van der Waals surface area contributed by atoms with Crippen LogP contribution < -0.4 is 0 Å². The van der Waals surface area contributed by atoms with Gasteiger partial charge in [0.15, 0.2) is 0 Å². The highest BCUT2D eigenvalue weighted by molar-refractivity contribution is 5.98. The van der Waals surface area contributed by atoms with Gasteiger partial charge in [0.1, 0.15) is 18.1 Å². The highest BCUT2D eigenvalue weighted by Gasteiger charge is 2.51. The molecule has 3 atom stereocenters. The zero-order valence-electron chi connectivity index (χ0n) is 21.3. The quantitative estimate of drug-likeness (QED) is 0.372. The maximum Gasteiger partial charge on any atom is 0.119 e. The number of hydrogen-bond donors (Lipinski definition) is 3. The Labute approximate surface area is 219 Å². The molecule has 1 saturated carbocycles. The van der Waals surface area contributed by atoms with Crippen molar-refractivity contribution in [1.29, 1.82) is 0 Å². The molecule has 2 unspecified atom stereocenters. The molecule has 0 spiro atoms. The number of aliphatic hydroxyl groups is 2. The van der Waals surface area contributed by atoms with Crippen LogP contribution in [0.5, 0.6) is 5.75 Å². The van der Waals surface area contributed by atoms with Gasteiger partial charge in [-0.25, -0.2) is 0 Å². The summed E-state index contributed by atoms with van der Waals surface area (Å²) in [4.78, 5) is 2.38. The van der Waals surface area contributed by atoms with Crippen LogP contribution >= 0.6 is 0 Å². The maximum absolute atomic E-state index is 9.92. The van der Waals surface area contributed by atoms with Gasteiger partial charge in [0.05, 0.1) is 6.61 Å². The zero-order valence-corrected chi connectivity index (χ0v) is 21.3. The number of likely N-dealkylation sites (tertiary alicyclic amines) is 1. The minimum Gasteiger partial charge on any atom is -0.508 e. The van der Waals surface area contributed by atoms with Gasteiger partial charge in [0, 0.05) is 25.7 Å². The van der Waals surface area contributed by atoms with Gasteiger partial charge in [0.2, 0.25) is 0 Å². The average Bonchev–Trinajstić information content (AvgIpc) is 3.65. The molecule has 0 bridgehead atoms. The summed E-state index contributed by atoms with van der Waals surface area (Å²) in [7, 11) is 0. The van der Waals surface area contributed by atoms with E-state index in [0.29, 0.717) is 25.0 Å². The topological polar surface area (TPSA) is 73.2 Å². The summed E-state index contributed by atoms with van der Waals surface area (Å²) in [6.07, 6.45) is 11.8. The van der Waals surface area contributed by atoms with Crippen molar-refractivity contribution in [1.82, 2.24) is 4.90 Å². The minimum absolute atomic E-state index is 0.131. The van der Waals surface area contributed by atoms with Gasteiger partial charge < -0.3 is 20.1 Å². The summed E-state index contributed by atoms with van der Waals surface area (Å²) in [5.41, 5.74) is 5.65. The first-order chi connectivity index (χ1) is 18.2. The van der Waals surface area contributed by atoms with Gasteiger partial charge in [-0.05, 0) is 89.7 Å². The third kappa shape index (κ3) is 6.07. The maximum atomic E-state index is 9.92. The van der Waals surface area contributed by atoms with E-state index in [2.05, 4.69) is 29.2 Å².